The zero-order chi connectivity index (χ0) is 13.3. The summed E-state index contributed by atoms with van der Waals surface area (Å²) in [7, 11) is 0. The molecule has 2 aromatic carbocycles. The van der Waals surface area contributed by atoms with Crippen LogP contribution in [0, 0.1) is 13.8 Å². The zero-order valence-corrected chi connectivity index (χ0v) is 11.0. The molecule has 2 nitrogen and oxygen atoms in total. The molecule has 18 heavy (non-hydrogen) atoms. The minimum absolute atomic E-state index is 0.133. The second-order valence-electron chi connectivity index (χ2n) is 4.27. The number of carbonyl (C=O) groups is 1. The molecule has 0 aliphatic heterocycles. The van der Waals surface area contributed by atoms with Gasteiger partial charge in [0.25, 0.3) is 0 Å². The summed E-state index contributed by atoms with van der Waals surface area (Å²) in [6.45, 7) is 3.54. The Kier molecular flexibility index (Phi) is 3.39. The molecule has 3 heteroatoms. The molecule has 1 N–H and O–H groups in total. The molecule has 0 aliphatic carbocycles. The van der Waals surface area contributed by atoms with Gasteiger partial charge in [0.05, 0.1) is 5.02 Å². The maximum atomic E-state index is 12.3. The Bertz CT molecular complexity index is 595. The van der Waals surface area contributed by atoms with Gasteiger partial charge in [-0.05, 0) is 49.2 Å². The number of phenols is 1. The van der Waals surface area contributed by atoms with Gasteiger partial charge >= 0.3 is 0 Å². The summed E-state index contributed by atoms with van der Waals surface area (Å²) >= 11 is 6.01. The molecule has 0 saturated carbocycles. The van der Waals surface area contributed by atoms with Crippen LogP contribution in [0.5, 0.6) is 5.75 Å². The first-order valence-electron chi connectivity index (χ1n) is 5.60. The van der Waals surface area contributed by atoms with Gasteiger partial charge in [0.15, 0.2) is 5.78 Å². The van der Waals surface area contributed by atoms with E-state index in [1.807, 2.05) is 0 Å². The minimum Gasteiger partial charge on any atom is -0.507 e. The monoisotopic (exact) mass is 260 g/mol. The summed E-state index contributed by atoms with van der Waals surface area (Å²) in [4.78, 5) is 12.3. The van der Waals surface area contributed by atoms with Gasteiger partial charge in [0, 0.05) is 11.1 Å². The lowest BCUT2D eigenvalue weighted by atomic mass is 9.98. The van der Waals surface area contributed by atoms with Crippen LogP contribution in [0.1, 0.15) is 27.0 Å². The van der Waals surface area contributed by atoms with Crippen LogP contribution in [-0.4, -0.2) is 10.9 Å². The van der Waals surface area contributed by atoms with Gasteiger partial charge in [0.1, 0.15) is 5.75 Å². The van der Waals surface area contributed by atoms with E-state index in [-0.39, 0.29) is 11.5 Å². The van der Waals surface area contributed by atoms with Gasteiger partial charge in [-0.3, -0.25) is 4.79 Å². The van der Waals surface area contributed by atoms with Gasteiger partial charge in [-0.25, -0.2) is 0 Å². The summed E-state index contributed by atoms with van der Waals surface area (Å²) < 4.78 is 0. The van der Waals surface area contributed by atoms with Crippen molar-refractivity contribution in [2.45, 2.75) is 13.8 Å². The highest BCUT2D eigenvalue weighted by atomic mass is 35.5. The lowest BCUT2D eigenvalue weighted by molar-refractivity contribution is 0.103. The number of benzene rings is 2. The maximum absolute atomic E-state index is 12.3. The zero-order valence-electron chi connectivity index (χ0n) is 10.2. The molecule has 2 rings (SSSR count). The predicted octanol–water partition coefficient (Wildman–Crippen LogP) is 3.89. The first kappa shape index (κ1) is 12.7. The van der Waals surface area contributed by atoms with Crippen LogP contribution in [-0.2, 0) is 0 Å². The van der Waals surface area contributed by atoms with Crippen molar-refractivity contribution in [2.75, 3.05) is 0 Å². The lowest BCUT2D eigenvalue weighted by Gasteiger charge is -2.08. The van der Waals surface area contributed by atoms with Crippen LogP contribution in [0.2, 0.25) is 5.02 Å². The molecule has 0 spiro atoms. The first-order chi connectivity index (χ1) is 8.50. The van der Waals surface area contributed by atoms with E-state index in [0.29, 0.717) is 27.3 Å². The fourth-order valence-corrected chi connectivity index (χ4v) is 2.11. The van der Waals surface area contributed by atoms with Crippen LogP contribution in [0.25, 0.3) is 0 Å². The number of rotatable bonds is 2. The van der Waals surface area contributed by atoms with Crippen molar-refractivity contribution in [3.8, 4) is 5.75 Å². The average Bonchev–Trinajstić information content (AvgIpc) is 2.35. The Hall–Kier alpha value is -1.80. The van der Waals surface area contributed by atoms with Crippen LogP contribution < -0.4 is 0 Å². The highest BCUT2D eigenvalue weighted by Gasteiger charge is 2.14. The van der Waals surface area contributed by atoms with Crippen molar-refractivity contribution in [3.05, 3.63) is 63.7 Å². The van der Waals surface area contributed by atoms with Crippen LogP contribution in [0.3, 0.4) is 0 Å². The van der Waals surface area contributed by atoms with E-state index in [4.69, 9.17) is 11.6 Å². The topological polar surface area (TPSA) is 37.3 Å². The molecule has 0 aromatic heterocycles. The molecule has 0 saturated heterocycles. The molecule has 0 unspecified atom stereocenters. The molecular formula is C15H13ClO2. The van der Waals surface area contributed by atoms with Crippen LogP contribution in [0.15, 0.2) is 36.4 Å². The number of carbonyl (C=O) groups excluding carboxylic acids is 1. The lowest BCUT2D eigenvalue weighted by Crippen LogP contribution is -2.03. The molecule has 0 radical (unpaired) electrons. The average molecular weight is 261 g/mol. The molecule has 0 amide bonds. The summed E-state index contributed by atoms with van der Waals surface area (Å²) in [5.74, 6) is 0.0949. The summed E-state index contributed by atoms with van der Waals surface area (Å²) in [5.41, 5.74) is 2.38. The summed E-state index contributed by atoms with van der Waals surface area (Å²) in [6.07, 6.45) is 0. The number of hydrogen-bond acceptors (Lipinski definition) is 2. The Labute approximate surface area is 111 Å². The summed E-state index contributed by atoms with van der Waals surface area (Å²) in [6, 6.07) is 10.3. The van der Waals surface area contributed by atoms with E-state index in [1.54, 1.807) is 50.2 Å². The quantitative estimate of drug-likeness (QED) is 0.832. The number of hydrogen-bond donors (Lipinski definition) is 1. The highest BCUT2D eigenvalue weighted by Crippen LogP contribution is 2.26. The first-order valence-corrected chi connectivity index (χ1v) is 5.98. The Morgan fingerprint density at radius 1 is 1.11 bits per heavy atom. The SMILES string of the molecule is Cc1cc(C(=O)c2ccccc2Cl)cc(C)c1O. The smallest absolute Gasteiger partial charge is 0.194 e. The number of ketones is 1. The van der Waals surface area contributed by atoms with E-state index in [9.17, 15) is 9.90 Å². The molecule has 0 fully saturated rings. The predicted molar refractivity (Wildman–Crippen MR) is 72.5 cm³/mol. The van der Waals surface area contributed by atoms with Crippen molar-refractivity contribution in [2.24, 2.45) is 0 Å². The van der Waals surface area contributed by atoms with Crippen molar-refractivity contribution < 1.29 is 9.90 Å². The Morgan fingerprint density at radius 3 is 2.22 bits per heavy atom. The van der Waals surface area contributed by atoms with Crippen LogP contribution >= 0.6 is 11.6 Å². The van der Waals surface area contributed by atoms with Gasteiger partial charge < -0.3 is 5.11 Å². The largest absolute Gasteiger partial charge is 0.507 e. The fourth-order valence-electron chi connectivity index (χ4n) is 1.89. The fraction of sp³-hybridized carbons (Fsp3) is 0.133. The third kappa shape index (κ3) is 2.24. The second-order valence-corrected chi connectivity index (χ2v) is 4.67. The standard InChI is InChI=1S/C15H13ClO2/c1-9-7-11(8-10(2)14(9)17)15(18)12-5-3-4-6-13(12)16/h3-8,17H,1-2H3. The van der Waals surface area contributed by atoms with Gasteiger partial charge in [-0.2, -0.15) is 0 Å². The van der Waals surface area contributed by atoms with Crippen molar-refractivity contribution >= 4 is 17.4 Å². The van der Waals surface area contributed by atoms with Gasteiger partial charge in [0.2, 0.25) is 0 Å². The molecule has 0 heterocycles. The summed E-state index contributed by atoms with van der Waals surface area (Å²) in [5, 5.41) is 10.1. The molecular weight excluding hydrogens is 248 g/mol. The minimum atomic E-state index is -0.133. The van der Waals surface area contributed by atoms with Gasteiger partial charge in [-0.15, -0.1) is 0 Å². The van der Waals surface area contributed by atoms with Crippen molar-refractivity contribution in [1.82, 2.24) is 0 Å². The number of aryl methyl sites for hydroxylation is 2. The van der Waals surface area contributed by atoms with Crippen molar-refractivity contribution in [1.29, 1.82) is 0 Å². The van der Waals surface area contributed by atoms with Crippen molar-refractivity contribution in [3.63, 3.8) is 0 Å². The van der Waals surface area contributed by atoms with E-state index in [2.05, 4.69) is 0 Å². The van der Waals surface area contributed by atoms with Crippen LogP contribution in [0.4, 0.5) is 0 Å². The molecule has 0 bridgehead atoms. The number of phenolic OH excluding ortho intramolecular Hbond substituents is 1. The van der Waals surface area contributed by atoms with E-state index < -0.39 is 0 Å². The van der Waals surface area contributed by atoms with E-state index in [1.165, 1.54) is 0 Å². The normalized spacial score (nSPS) is 10.4. The third-order valence-corrected chi connectivity index (χ3v) is 3.20. The van der Waals surface area contributed by atoms with E-state index in [0.717, 1.165) is 0 Å². The Morgan fingerprint density at radius 2 is 1.67 bits per heavy atom. The number of aromatic hydroxyl groups is 1. The second kappa shape index (κ2) is 4.83. The Balaban J connectivity index is 2.51. The third-order valence-electron chi connectivity index (χ3n) is 2.87. The molecule has 0 aliphatic rings. The maximum Gasteiger partial charge on any atom is 0.194 e. The highest BCUT2D eigenvalue weighted by molar-refractivity contribution is 6.35. The molecule has 2 aromatic rings. The molecule has 92 valence electrons. The molecule has 0 atom stereocenters. The van der Waals surface area contributed by atoms with E-state index >= 15 is 0 Å². The number of halogens is 1. The van der Waals surface area contributed by atoms with Gasteiger partial charge in [-0.1, -0.05) is 23.7 Å².